The van der Waals surface area contributed by atoms with Crippen LogP contribution in [0.4, 0.5) is 8.78 Å². The monoisotopic (exact) mass is 222 g/mol. The standard InChI is InChI=1S/C10H20F2N2O/c1-9(2,3)8(15)14-10(4,5-6-13)7(11)12/h7H,5-6,13H2,1-4H3,(H,14,15). The quantitative estimate of drug-likeness (QED) is 0.757. The number of carbonyl (C=O) groups is 1. The fourth-order valence-corrected chi connectivity index (χ4v) is 0.973. The third kappa shape index (κ3) is 4.11. The molecule has 0 aliphatic heterocycles. The average molecular weight is 222 g/mol. The molecule has 1 unspecified atom stereocenters. The Labute approximate surface area is 89.4 Å². The fraction of sp³-hybridized carbons (Fsp3) is 0.900. The maximum Gasteiger partial charge on any atom is 0.261 e. The number of alkyl halides is 2. The summed E-state index contributed by atoms with van der Waals surface area (Å²) in [6, 6.07) is 0. The van der Waals surface area contributed by atoms with Gasteiger partial charge in [-0.2, -0.15) is 0 Å². The van der Waals surface area contributed by atoms with Crippen molar-refractivity contribution < 1.29 is 13.6 Å². The predicted molar refractivity (Wildman–Crippen MR) is 55.7 cm³/mol. The second kappa shape index (κ2) is 4.88. The predicted octanol–water partition coefficient (Wildman–Crippen LogP) is 1.52. The molecule has 5 heteroatoms. The maximum absolute atomic E-state index is 12.7. The van der Waals surface area contributed by atoms with Crippen LogP contribution in [0, 0.1) is 5.41 Å². The molecule has 3 N–H and O–H groups in total. The largest absolute Gasteiger partial charge is 0.345 e. The number of halogens is 2. The molecule has 0 bridgehead atoms. The first-order valence-corrected chi connectivity index (χ1v) is 4.94. The van der Waals surface area contributed by atoms with Gasteiger partial charge in [-0.3, -0.25) is 4.79 Å². The van der Waals surface area contributed by atoms with Crippen molar-refractivity contribution in [2.45, 2.75) is 46.1 Å². The first kappa shape index (κ1) is 14.3. The normalized spacial score (nSPS) is 16.3. The third-order valence-corrected chi connectivity index (χ3v) is 2.23. The zero-order chi connectivity index (χ0) is 12.3. The molecule has 15 heavy (non-hydrogen) atoms. The summed E-state index contributed by atoms with van der Waals surface area (Å²) in [5, 5.41) is 2.36. The molecule has 0 spiro atoms. The first-order valence-electron chi connectivity index (χ1n) is 4.94. The summed E-state index contributed by atoms with van der Waals surface area (Å²) in [5.74, 6) is -0.390. The molecule has 0 fully saturated rings. The van der Waals surface area contributed by atoms with Crippen LogP contribution in [-0.2, 0) is 4.79 Å². The summed E-state index contributed by atoms with van der Waals surface area (Å²) in [7, 11) is 0. The van der Waals surface area contributed by atoms with Gasteiger partial charge in [0.15, 0.2) is 0 Å². The number of carbonyl (C=O) groups excluding carboxylic acids is 1. The highest BCUT2D eigenvalue weighted by molar-refractivity contribution is 5.82. The third-order valence-electron chi connectivity index (χ3n) is 2.23. The van der Waals surface area contributed by atoms with E-state index in [9.17, 15) is 13.6 Å². The highest BCUT2D eigenvalue weighted by Gasteiger charge is 2.38. The van der Waals surface area contributed by atoms with E-state index >= 15 is 0 Å². The summed E-state index contributed by atoms with van der Waals surface area (Å²) in [6.07, 6.45) is -2.56. The van der Waals surface area contributed by atoms with E-state index in [0.717, 1.165) is 0 Å². The van der Waals surface area contributed by atoms with Crippen molar-refractivity contribution in [2.24, 2.45) is 11.1 Å². The highest BCUT2D eigenvalue weighted by atomic mass is 19.3. The van der Waals surface area contributed by atoms with Crippen molar-refractivity contribution in [2.75, 3.05) is 6.54 Å². The van der Waals surface area contributed by atoms with Gasteiger partial charge in [0.1, 0.15) is 0 Å². The van der Waals surface area contributed by atoms with Crippen LogP contribution in [-0.4, -0.2) is 24.4 Å². The van der Waals surface area contributed by atoms with Gasteiger partial charge in [0.25, 0.3) is 6.43 Å². The number of amides is 1. The second-order valence-electron chi connectivity index (χ2n) is 4.96. The first-order chi connectivity index (χ1) is 6.63. The summed E-state index contributed by atoms with van der Waals surface area (Å²) in [5.41, 5.74) is 3.05. The zero-order valence-corrected chi connectivity index (χ0v) is 9.73. The van der Waals surface area contributed by atoms with Crippen LogP contribution in [0.15, 0.2) is 0 Å². The Morgan fingerprint density at radius 1 is 1.33 bits per heavy atom. The molecule has 1 amide bonds. The lowest BCUT2D eigenvalue weighted by molar-refractivity contribution is -0.132. The van der Waals surface area contributed by atoms with E-state index in [2.05, 4.69) is 5.32 Å². The second-order valence-corrected chi connectivity index (χ2v) is 4.96. The van der Waals surface area contributed by atoms with Crippen LogP contribution in [0.25, 0.3) is 0 Å². The number of rotatable bonds is 4. The molecule has 1 atom stereocenters. The fourth-order valence-electron chi connectivity index (χ4n) is 0.973. The molecule has 0 rings (SSSR count). The van der Waals surface area contributed by atoms with Gasteiger partial charge < -0.3 is 11.1 Å². The minimum Gasteiger partial charge on any atom is -0.345 e. The summed E-state index contributed by atoms with van der Waals surface area (Å²) in [4.78, 5) is 11.6. The van der Waals surface area contributed by atoms with Gasteiger partial charge in [0, 0.05) is 5.41 Å². The van der Waals surface area contributed by atoms with Gasteiger partial charge in [-0.1, -0.05) is 20.8 Å². The van der Waals surface area contributed by atoms with Crippen LogP contribution in [0.5, 0.6) is 0 Å². The van der Waals surface area contributed by atoms with Gasteiger partial charge in [-0.05, 0) is 19.9 Å². The maximum atomic E-state index is 12.7. The van der Waals surface area contributed by atoms with Crippen molar-refractivity contribution in [1.82, 2.24) is 5.32 Å². The van der Waals surface area contributed by atoms with Gasteiger partial charge in [-0.25, -0.2) is 8.78 Å². The molecule has 0 heterocycles. The van der Waals surface area contributed by atoms with Gasteiger partial charge in [0.05, 0.1) is 5.54 Å². The molecule has 0 saturated carbocycles. The Hall–Kier alpha value is -0.710. The minimum absolute atomic E-state index is 0.0620. The molecule has 0 aliphatic carbocycles. The average Bonchev–Trinajstić information content (AvgIpc) is 2.02. The molecule has 0 aliphatic rings. The van der Waals surface area contributed by atoms with E-state index in [-0.39, 0.29) is 13.0 Å². The summed E-state index contributed by atoms with van der Waals surface area (Å²) < 4.78 is 25.5. The lowest BCUT2D eigenvalue weighted by Crippen LogP contribution is -2.55. The SMILES string of the molecule is CC(C)(C)C(=O)NC(C)(CCN)C(F)F. The van der Waals surface area contributed by atoms with Gasteiger partial charge >= 0.3 is 0 Å². The Balaban J connectivity index is 4.63. The van der Waals surface area contributed by atoms with E-state index in [4.69, 9.17) is 5.73 Å². The van der Waals surface area contributed by atoms with E-state index in [0.29, 0.717) is 0 Å². The van der Waals surface area contributed by atoms with Crippen LogP contribution in [0.3, 0.4) is 0 Å². The Kier molecular flexibility index (Phi) is 4.65. The Morgan fingerprint density at radius 3 is 2.07 bits per heavy atom. The molecule has 0 aromatic heterocycles. The van der Waals surface area contributed by atoms with Crippen LogP contribution in [0.2, 0.25) is 0 Å². The highest BCUT2D eigenvalue weighted by Crippen LogP contribution is 2.22. The van der Waals surface area contributed by atoms with Crippen LogP contribution >= 0.6 is 0 Å². The van der Waals surface area contributed by atoms with E-state index in [1.54, 1.807) is 20.8 Å². The summed E-state index contributed by atoms with van der Waals surface area (Å²) in [6.45, 7) is 6.46. The van der Waals surface area contributed by atoms with E-state index in [1.807, 2.05) is 0 Å². The Morgan fingerprint density at radius 2 is 1.80 bits per heavy atom. The van der Waals surface area contributed by atoms with E-state index < -0.39 is 23.3 Å². The van der Waals surface area contributed by atoms with Crippen molar-refractivity contribution in [3.63, 3.8) is 0 Å². The lowest BCUT2D eigenvalue weighted by atomic mass is 9.91. The van der Waals surface area contributed by atoms with Crippen molar-refractivity contribution in [3.8, 4) is 0 Å². The zero-order valence-electron chi connectivity index (χ0n) is 9.73. The Bertz CT molecular complexity index is 226. The molecule has 0 aromatic carbocycles. The number of hydrogen-bond donors (Lipinski definition) is 2. The lowest BCUT2D eigenvalue weighted by Gasteiger charge is -2.32. The molecule has 0 aromatic rings. The minimum atomic E-state index is -2.62. The molecular weight excluding hydrogens is 202 g/mol. The molecule has 0 radical (unpaired) electrons. The summed E-state index contributed by atoms with van der Waals surface area (Å²) >= 11 is 0. The van der Waals surface area contributed by atoms with Crippen molar-refractivity contribution >= 4 is 5.91 Å². The van der Waals surface area contributed by atoms with Gasteiger partial charge in [-0.15, -0.1) is 0 Å². The van der Waals surface area contributed by atoms with Crippen molar-refractivity contribution in [1.29, 1.82) is 0 Å². The number of hydrogen-bond acceptors (Lipinski definition) is 2. The molecule has 3 nitrogen and oxygen atoms in total. The molecule has 90 valence electrons. The number of nitrogens with one attached hydrogen (secondary N) is 1. The van der Waals surface area contributed by atoms with Crippen molar-refractivity contribution in [3.05, 3.63) is 0 Å². The van der Waals surface area contributed by atoms with E-state index in [1.165, 1.54) is 6.92 Å². The molecule has 0 saturated heterocycles. The van der Waals surface area contributed by atoms with Crippen LogP contribution in [0.1, 0.15) is 34.1 Å². The smallest absolute Gasteiger partial charge is 0.261 e. The molecular formula is C10H20F2N2O. The van der Waals surface area contributed by atoms with Gasteiger partial charge in [0.2, 0.25) is 5.91 Å². The topological polar surface area (TPSA) is 55.1 Å². The van der Waals surface area contributed by atoms with Crippen LogP contribution < -0.4 is 11.1 Å². The number of nitrogens with two attached hydrogens (primary N) is 1.